The van der Waals surface area contributed by atoms with Gasteiger partial charge in [-0.25, -0.2) is 4.39 Å². The van der Waals surface area contributed by atoms with Crippen LogP contribution in [0, 0.1) is 12.7 Å². The topological polar surface area (TPSA) is 57.5 Å². The highest BCUT2D eigenvalue weighted by atomic mass is 32.2. The zero-order valence-corrected chi connectivity index (χ0v) is 15.1. The molecule has 0 aliphatic carbocycles. The predicted octanol–water partition coefficient (Wildman–Crippen LogP) is 3.99. The Morgan fingerprint density at radius 3 is 2.54 bits per heavy atom. The lowest BCUT2D eigenvalue weighted by Crippen LogP contribution is -2.25. The lowest BCUT2D eigenvalue weighted by molar-refractivity contribution is 0.302. The molecule has 2 aromatic rings. The Labute approximate surface area is 145 Å². The molecule has 0 radical (unpaired) electrons. The smallest absolute Gasteiger partial charge is 0.144 e. The maximum absolute atomic E-state index is 12.9. The molecule has 0 fully saturated rings. The summed E-state index contributed by atoms with van der Waals surface area (Å²) in [6.07, 6.45) is 3.12. The van der Waals surface area contributed by atoms with Gasteiger partial charge < -0.3 is 9.29 Å². The van der Waals surface area contributed by atoms with Gasteiger partial charge in [-0.2, -0.15) is 0 Å². The fourth-order valence-corrected chi connectivity index (χ4v) is 2.31. The zero-order chi connectivity index (χ0) is 17.7. The molecule has 0 aliphatic heterocycles. The lowest BCUT2D eigenvalue weighted by Gasteiger charge is -2.17. The van der Waals surface area contributed by atoms with Crippen LogP contribution in [0.5, 0.6) is 5.75 Å². The number of ether oxygens (including phenoxy) is 1. The molecule has 1 aromatic carbocycles. The van der Waals surface area contributed by atoms with Crippen molar-refractivity contribution in [3.05, 3.63) is 59.2 Å². The molecular formula is C18H21FN2O2S. The predicted molar refractivity (Wildman–Crippen MR) is 95.2 cm³/mol. The fraction of sp³-hybridized carbons (Fsp3) is 0.333. The van der Waals surface area contributed by atoms with E-state index in [4.69, 9.17) is 4.74 Å². The number of hydrogen-bond donors (Lipinski definition) is 0. The molecule has 4 nitrogen and oxygen atoms in total. The average Bonchev–Trinajstić information content (AvgIpc) is 2.52. The van der Waals surface area contributed by atoms with Crippen LogP contribution in [-0.2, 0) is 18.0 Å². The monoisotopic (exact) mass is 348 g/mol. The first kappa shape index (κ1) is 18.4. The van der Waals surface area contributed by atoms with Gasteiger partial charge >= 0.3 is 0 Å². The van der Waals surface area contributed by atoms with E-state index in [1.165, 1.54) is 18.3 Å². The molecule has 0 amide bonds. The Kier molecular flexibility index (Phi) is 5.96. The second kappa shape index (κ2) is 7.77. The van der Waals surface area contributed by atoms with Gasteiger partial charge in [0.15, 0.2) is 0 Å². The molecule has 0 saturated heterocycles. The minimum atomic E-state index is -1.31. The van der Waals surface area contributed by atoms with E-state index in [0.29, 0.717) is 18.1 Å². The Balaban J connectivity index is 2.01. The van der Waals surface area contributed by atoms with Crippen molar-refractivity contribution in [1.82, 2.24) is 4.98 Å². The molecule has 24 heavy (non-hydrogen) atoms. The standard InChI is InChI=1S/C18H21FN2O2S/c1-13-9-16(10-21-24(22)18(2,3)4)20-11-17(13)23-12-14-5-7-15(19)8-6-14/h5-11H,12H2,1-4H3. The van der Waals surface area contributed by atoms with Gasteiger partial charge in [-0.3, -0.25) is 4.98 Å². The van der Waals surface area contributed by atoms with Crippen molar-refractivity contribution in [3.8, 4) is 5.75 Å². The van der Waals surface area contributed by atoms with Crippen molar-refractivity contribution in [1.29, 1.82) is 0 Å². The molecule has 1 aromatic heterocycles. The number of aryl methyl sites for hydroxylation is 1. The van der Waals surface area contributed by atoms with Crippen LogP contribution < -0.4 is 4.74 Å². The quantitative estimate of drug-likeness (QED) is 0.606. The van der Waals surface area contributed by atoms with Crippen molar-refractivity contribution in [3.63, 3.8) is 0 Å². The van der Waals surface area contributed by atoms with E-state index in [-0.39, 0.29) is 5.82 Å². The molecule has 1 unspecified atom stereocenters. The van der Waals surface area contributed by atoms with Crippen LogP contribution in [0.3, 0.4) is 0 Å². The summed E-state index contributed by atoms with van der Waals surface area (Å²) >= 11 is -1.31. The summed E-state index contributed by atoms with van der Waals surface area (Å²) < 4.78 is 34.1. The molecule has 0 bridgehead atoms. The summed E-state index contributed by atoms with van der Waals surface area (Å²) in [6.45, 7) is 7.84. The van der Waals surface area contributed by atoms with Gasteiger partial charge in [-0.05, 0) is 57.0 Å². The van der Waals surface area contributed by atoms with E-state index >= 15 is 0 Å². The molecule has 1 atom stereocenters. The van der Waals surface area contributed by atoms with Crippen LogP contribution in [0.1, 0.15) is 37.6 Å². The molecule has 6 heteroatoms. The van der Waals surface area contributed by atoms with Crippen LogP contribution in [-0.4, -0.2) is 20.5 Å². The third kappa shape index (κ3) is 5.32. The maximum Gasteiger partial charge on any atom is 0.144 e. The highest BCUT2D eigenvalue weighted by Crippen LogP contribution is 2.19. The first-order valence-corrected chi connectivity index (χ1v) is 8.66. The Morgan fingerprint density at radius 2 is 1.96 bits per heavy atom. The van der Waals surface area contributed by atoms with Gasteiger partial charge in [0.25, 0.3) is 0 Å². The maximum atomic E-state index is 12.9. The molecule has 2 rings (SSSR count). The van der Waals surface area contributed by atoms with E-state index in [1.54, 1.807) is 18.3 Å². The second-order valence-electron chi connectivity index (χ2n) is 6.39. The van der Waals surface area contributed by atoms with Gasteiger partial charge in [0, 0.05) is 0 Å². The molecule has 0 saturated carbocycles. The fourth-order valence-electron chi connectivity index (χ4n) is 1.79. The van der Waals surface area contributed by atoms with Gasteiger partial charge in [0.2, 0.25) is 0 Å². The van der Waals surface area contributed by atoms with Crippen LogP contribution in [0.15, 0.2) is 40.9 Å². The SMILES string of the molecule is Cc1cc(C=N[S+]([O-])C(C)(C)C)ncc1OCc1ccc(F)cc1. The average molecular weight is 348 g/mol. The number of rotatable bonds is 5. The van der Waals surface area contributed by atoms with Crippen molar-refractivity contribution >= 4 is 17.6 Å². The first-order chi connectivity index (χ1) is 11.3. The molecule has 0 spiro atoms. The van der Waals surface area contributed by atoms with Gasteiger partial charge in [0.1, 0.15) is 40.5 Å². The van der Waals surface area contributed by atoms with E-state index in [2.05, 4.69) is 9.38 Å². The normalized spacial score (nSPS) is 13.2. The summed E-state index contributed by atoms with van der Waals surface area (Å²) in [5.74, 6) is 0.376. The molecule has 0 aliphatic rings. The molecular weight excluding hydrogens is 327 g/mol. The van der Waals surface area contributed by atoms with Crippen molar-refractivity contribution in [2.24, 2.45) is 4.40 Å². The van der Waals surface area contributed by atoms with Crippen molar-refractivity contribution in [2.75, 3.05) is 0 Å². The first-order valence-electron chi connectivity index (χ1n) is 7.55. The Hall–Kier alpha value is -1.92. The third-order valence-corrected chi connectivity index (χ3v) is 4.54. The van der Waals surface area contributed by atoms with E-state index in [1.807, 2.05) is 33.8 Å². The summed E-state index contributed by atoms with van der Waals surface area (Å²) in [7, 11) is 0. The van der Waals surface area contributed by atoms with Crippen LogP contribution in [0.25, 0.3) is 0 Å². The minimum Gasteiger partial charge on any atom is -0.591 e. The molecule has 128 valence electrons. The summed E-state index contributed by atoms with van der Waals surface area (Å²) in [5, 5.41) is 0. The number of halogens is 1. The van der Waals surface area contributed by atoms with E-state index < -0.39 is 16.1 Å². The Morgan fingerprint density at radius 1 is 1.29 bits per heavy atom. The second-order valence-corrected chi connectivity index (χ2v) is 8.32. The van der Waals surface area contributed by atoms with Crippen molar-refractivity contribution < 1.29 is 13.7 Å². The lowest BCUT2D eigenvalue weighted by atomic mass is 10.2. The molecule has 0 N–H and O–H groups in total. The zero-order valence-electron chi connectivity index (χ0n) is 14.2. The minimum absolute atomic E-state index is 0.270. The highest BCUT2D eigenvalue weighted by Gasteiger charge is 2.25. The third-order valence-electron chi connectivity index (χ3n) is 3.20. The van der Waals surface area contributed by atoms with Crippen LogP contribution >= 0.6 is 0 Å². The van der Waals surface area contributed by atoms with E-state index in [9.17, 15) is 8.94 Å². The largest absolute Gasteiger partial charge is 0.591 e. The number of hydrogen-bond acceptors (Lipinski definition) is 4. The van der Waals surface area contributed by atoms with E-state index in [0.717, 1.165) is 11.1 Å². The number of benzene rings is 1. The number of aromatic nitrogens is 1. The van der Waals surface area contributed by atoms with Gasteiger partial charge in [-0.1, -0.05) is 16.5 Å². The van der Waals surface area contributed by atoms with Gasteiger partial charge in [-0.15, -0.1) is 0 Å². The Bertz CT molecular complexity index is 712. The van der Waals surface area contributed by atoms with Gasteiger partial charge in [0.05, 0.1) is 11.9 Å². The van der Waals surface area contributed by atoms with Crippen LogP contribution in [0.2, 0.25) is 0 Å². The summed E-state index contributed by atoms with van der Waals surface area (Å²) in [6, 6.07) is 7.99. The number of nitrogens with zero attached hydrogens (tertiary/aromatic N) is 2. The van der Waals surface area contributed by atoms with Crippen molar-refractivity contribution in [2.45, 2.75) is 39.0 Å². The summed E-state index contributed by atoms with van der Waals surface area (Å²) in [5.41, 5.74) is 2.40. The highest BCUT2D eigenvalue weighted by molar-refractivity contribution is 7.91. The van der Waals surface area contributed by atoms with Crippen LogP contribution in [0.4, 0.5) is 4.39 Å². The molecule has 1 heterocycles. The summed E-state index contributed by atoms with van der Waals surface area (Å²) in [4.78, 5) is 4.25. The number of pyridine rings is 1.